The normalized spacial score (nSPS) is 23.4. The first-order chi connectivity index (χ1) is 9.36. The Labute approximate surface area is 122 Å². The predicted molar refractivity (Wildman–Crippen MR) is 82.5 cm³/mol. The molecule has 0 N–H and O–H groups in total. The molecule has 0 aromatic rings. The number of allylic oxidation sites excluding steroid dienone is 2. The second-order valence-corrected chi connectivity index (χ2v) is 6.76. The highest BCUT2D eigenvalue weighted by molar-refractivity contribution is 5.78. The number of hydrogen-bond donors (Lipinski definition) is 0. The molecule has 0 atom stereocenters. The van der Waals surface area contributed by atoms with Crippen molar-refractivity contribution in [1.82, 2.24) is 0 Å². The van der Waals surface area contributed by atoms with Crippen LogP contribution in [-0.2, 0) is 9.47 Å². The van der Waals surface area contributed by atoms with Gasteiger partial charge in [0.15, 0.2) is 11.8 Å². The van der Waals surface area contributed by atoms with Gasteiger partial charge in [0, 0.05) is 12.8 Å². The zero-order chi connectivity index (χ0) is 14.6. The highest BCUT2D eigenvalue weighted by Crippen LogP contribution is 2.20. The van der Waals surface area contributed by atoms with Crippen LogP contribution in [0.15, 0.2) is 22.1 Å². The molecule has 2 rings (SSSR count). The van der Waals surface area contributed by atoms with Crippen LogP contribution in [0, 0.1) is 0 Å². The van der Waals surface area contributed by atoms with Gasteiger partial charge in [0.25, 0.3) is 0 Å². The average molecular weight is 278 g/mol. The Balaban J connectivity index is 1.61. The van der Waals surface area contributed by atoms with E-state index < -0.39 is 0 Å². The highest BCUT2D eigenvalue weighted by Gasteiger charge is 2.26. The largest absolute Gasteiger partial charge is 0.478 e. The number of ether oxygens (including phenoxy) is 2. The van der Waals surface area contributed by atoms with E-state index in [0.717, 1.165) is 37.5 Å². The van der Waals surface area contributed by atoms with Gasteiger partial charge in [0.05, 0.1) is 11.1 Å². The molecule has 0 saturated carbocycles. The number of hydrogen-bond acceptors (Lipinski definition) is 4. The molecule has 112 valence electrons. The maximum absolute atomic E-state index is 5.56. The van der Waals surface area contributed by atoms with E-state index in [0.29, 0.717) is 13.2 Å². The van der Waals surface area contributed by atoms with Gasteiger partial charge < -0.3 is 9.47 Å². The maximum Gasteiger partial charge on any atom is 0.184 e. The number of aliphatic imine (C=N–C) groups is 2. The van der Waals surface area contributed by atoms with Crippen molar-refractivity contribution in [2.24, 2.45) is 9.98 Å². The van der Waals surface area contributed by atoms with Crippen LogP contribution in [-0.4, -0.2) is 36.1 Å². The predicted octanol–water partition coefficient (Wildman–Crippen LogP) is 3.52. The van der Waals surface area contributed by atoms with Gasteiger partial charge in [-0.05, 0) is 40.5 Å². The lowest BCUT2D eigenvalue weighted by molar-refractivity contribution is 0.274. The Morgan fingerprint density at radius 3 is 1.55 bits per heavy atom. The molecule has 2 aliphatic heterocycles. The summed E-state index contributed by atoms with van der Waals surface area (Å²) >= 11 is 0. The maximum atomic E-state index is 5.56. The smallest absolute Gasteiger partial charge is 0.184 e. The van der Waals surface area contributed by atoms with Crippen molar-refractivity contribution in [2.45, 2.75) is 64.5 Å². The average Bonchev–Trinajstić information content (AvgIpc) is 2.86. The van der Waals surface area contributed by atoms with Gasteiger partial charge in [-0.1, -0.05) is 12.2 Å². The lowest BCUT2D eigenvalue weighted by Gasteiger charge is -2.07. The molecule has 0 aliphatic carbocycles. The van der Waals surface area contributed by atoms with Gasteiger partial charge in [0.1, 0.15) is 13.2 Å². The fourth-order valence-electron chi connectivity index (χ4n) is 2.23. The molecule has 0 saturated heterocycles. The van der Waals surface area contributed by atoms with E-state index in [2.05, 4.69) is 49.8 Å². The van der Waals surface area contributed by atoms with Crippen molar-refractivity contribution in [1.29, 1.82) is 0 Å². The molecule has 0 radical (unpaired) electrons. The van der Waals surface area contributed by atoms with Gasteiger partial charge in [-0.2, -0.15) is 0 Å². The number of nitrogens with zero attached hydrogens (tertiary/aromatic N) is 2. The number of rotatable bonds is 6. The Morgan fingerprint density at radius 2 is 1.25 bits per heavy atom. The molecule has 0 aromatic heterocycles. The molecule has 2 heterocycles. The van der Waals surface area contributed by atoms with Crippen LogP contribution >= 0.6 is 0 Å². The molecule has 20 heavy (non-hydrogen) atoms. The minimum Gasteiger partial charge on any atom is -0.478 e. The van der Waals surface area contributed by atoms with E-state index in [1.54, 1.807) is 0 Å². The van der Waals surface area contributed by atoms with Crippen LogP contribution in [0.2, 0.25) is 0 Å². The second-order valence-electron chi connectivity index (χ2n) is 6.76. The molecule has 4 nitrogen and oxygen atoms in total. The lowest BCUT2D eigenvalue weighted by atomic mass is 10.1. The molecule has 4 heteroatoms. The quantitative estimate of drug-likeness (QED) is 0.698. The Bertz CT molecular complexity index is 394. The zero-order valence-electron chi connectivity index (χ0n) is 13.1. The summed E-state index contributed by atoms with van der Waals surface area (Å²) in [6.07, 6.45) is 8.13. The summed E-state index contributed by atoms with van der Waals surface area (Å²) in [7, 11) is 0. The first kappa shape index (κ1) is 15.1. The van der Waals surface area contributed by atoms with E-state index in [9.17, 15) is 0 Å². The van der Waals surface area contributed by atoms with Crippen molar-refractivity contribution in [3.05, 3.63) is 12.2 Å². The first-order valence-electron chi connectivity index (χ1n) is 7.44. The molecule has 0 aromatic carbocycles. The fourth-order valence-corrected chi connectivity index (χ4v) is 2.23. The van der Waals surface area contributed by atoms with Crippen molar-refractivity contribution in [3.8, 4) is 0 Å². The minimum atomic E-state index is -0.0379. The van der Waals surface area contributed by atoms with Gasteiger partial charge in [0.2, 0.25) is 0 Å². The summed E-state index contributed by atoms with van der Waals surface area (Å²) in [5, 5.41) is 0. The van der Waals surface area contributed by atoms with Crippen LogP contribution in [0.1, 0.15) is 53.4 Å². The van der Waals surface area contributed by atoms with E-state index in [-0.39, 0.29) is 11.1 Å². The lowest BCUT2D eigenvalue weighted by Crippen LogP contribution is -2.17. The highest BCUT2D eigenvalue weighted by atomic mass is 16.5. The van der Waals surface area contributed by atoms with Gasteiger partial charge >= 0.3 is 0 Å². The van der Waals surface area contributed by atoms with Crippen molar-refractivity contribution in [2.75, 3.05) is 13.2 Å². The van der Waals surface area contributed by atoms with Crippen molar-refractivity contribution >= 4 is 11.8 Å². The third kappa shape index (κ3) is 4.66. The van der Waals surface area contributed by atoms with Crippen LogP contribution in [0.3, 0.4) is 0 Å². The molecule has 2 aliphatic rings. The van der Waals surface area contributed by atoms with E-state index in [1.165, 1.54) is 0 Å². The van der Waals surface area contributed by atoms with E-state index in [4.69, 9.17) is 9.47 Å². The van der Waals surface area contributed by atoms with Crippen LogP contribution in [0.5, 0.6) is 0 Å². The molecule has 0 spiro atoms. The summed E-state index contributed by atoms with van der Waals surface area (Å²) in [5.74, 6) is 1.79. The van der Waals surface area contributed by atoms with E-state index in [1.807, 2.05) is 0 Å². The summed E-state index contributed by atoms with van der Waals surface area (Å²) in [5.41, 5.74) is -0.0758. The van der Waals surface area contributed by atoms with Gasteiger partial charge in [-0.3, -0.25) is 0 Å². The first-order valence-corrected chi connectivity index (χ1v) is 7.44. The molecule has 0 bridgehead atoms. The second kappa shape index (κ2) is 5.98. The topological polar surface area (TPSA) is 43.2 Å². The van der Waals surface area contributed by atoms with Crippen molar-refractivity contribution < 1.29 is 9.47 Å². The van der Waals surface area contributed by atoms with Crippen LogP contribution < -0.4 is 0 Å². The third-order valence-corrected chi connectivity index (χ3v) is 3.26. The van der Waals surface area contributed by atoms with Crippen LogP contribution in [0.4, 0.5) is 0 Å². The SMILES string of the molecule is CC1(C)COC(CC/C=C/CCC2=NC(C)(C)CO2)=N1. The standard InChI is InChI=1S/C16H26N2O2/c1-15(2)11-19-13(17-15)9-7-5-6-8-10-14-18-16(3,4)12-20-14/h5-6H,7-12H2,1-4H3/b6-5+. The third-order valence-electron chi connectivity index (χ3n) is 3.26. The fraction of sp³-hybridized carbons (Fsp3) is 0.750. The summed E-state index contributed by atoms with van der Waals surface area (Å²) in [6.45, 7) is 9.80. The summed E-state index contributed by atoms with van der Waals surface area (Å²) in [4.78, 5) is 9.08. The Kier molecular flexibility index (Phi) is 4.51. The monoisotopic (exact) mass is 278 g/mol. The molecular weight excluding hydrogens is 252 g/mol. The van der Waals surface area contributed by atoms with Gasteiger partial charge in [-0.25, -0.2) is 9.98 Å². The Hall–Kier alpha value is -1.32. The van der Waals surface area contributed by atoms with Crippen LogP contribution in [0.25, 0.3) is 0 Å². The van der Waals surface area contributed by atoms with Gasteiger partial charge in [-0.15, -0.1) is 0 Å². The Morgan fingerprint density at radius 1 is 0.850 bits per heavy atom. The minimum absolute atomic E-state index is 0.0379. The molecule has 0 amide bonds. The zero-order valence-corrected chi connectivity index (χ0v) is 13.1. The summed E-state index contributed by atoms with van der Waals surface area (Å²) < 4.78 is 11.1. The summed E-state index contributed by atoms with van der Waals surface area (Å²) in [6, 6.07) is 0. The van der Waals surface area contributed by atoms with Crippen molar-refractivity contribution in [3.63, 3.8) is 0 Å². The molecule has 0 unspecified atom stereocenters. The molecular formula is C16H26N2O2. The van der Waals surface area contributed by atoms with E-state index >= 15 is 0 Å². The molecule has 0 fully saturated rings.